The van der Waals surface area contributed by atoms with Crippen molar-refractivity contribution in [3.05, 3.63) is 0 Å². The Morgan fingerprint density at radius 3 is 2.50 bits per heavy atom. The lowest BCUT2D eigenvalue weighted by molar-refractivity contribution is -0.153. The van der Waals surface area contributed by atoms with Crippen molar-refractivity contribution in [3.8, 4) is 0 Å². The van der Waals surface area contributed by atoms with E-state index in [0.717, 1.165) is 12.8 Å². The van der Waals surface area contributed by atoms with Gasteiger partial charge in [-0.2, -0.15) is 0 Å². The topological polar surface area (TPSA) is 80.8 Å². The molecule has 0 aromatic carbocycles. The Balaban J connectivity index is 2.90. The van der Waals surface area contributed by atoms with Gasteiger partial charge in [-0.05, 0) is 19.8 Å². The molecular formula is C13H23NO5S. The summed E-state index contributed by atoms with van der Waals surface area (Å²) in [5, 5.41) is 0. The average molecular weight is 305 g/mol. The molecule has 1 fully saturated rings. The number of carbonyl (C=O) groups is 2. The largest absolute Gasteiger partial charge is 0.467 e. The van der Waals surface area contributed by atoms with E-state index in [2.05, 4.69) is 4.74 Å². The van der Waals surface area contributed by atoms with Crippen LogP contribution in [0.5, 0.6) is 0 Å². The van der Waals surface area contributed by atoms with Crippen molar-refractivity contribution in [1.29, 1.82) is 0 Å². The first-order chi connectivity index (χ1) is 9.32. The minimum atomic E-state index is -3.11. The molecular weight excluding hydrogens is 282 g/mol. The molecule has 0 aliphatic carbocycles. The maximum absolute atomic E-state index is 12.3. The fourth-order valence-corrected chi connectivity index (χ4v) is 4.18. The van der Waals surface area contributed by atoms with Crippen molar-refractivity contribution >= 4 is 21.7 Å². The Morgan fingerprint density at radius 2 is 2.05 bits per heavy atom. The summed E-state index contributed by atoms with van der Waals surface area (Å²) in [7, 11) is -1.84. The van der Waals surface area contributed by atoms with E-state index in [9.17, 15) is 18.0 Å². The third kappa shape index (κ3) is 4.19. The molecule has 0 aromatic rings. The predicted octanol–water partition coefficient (Wildman–Crippen LogP) is 0.754. The molecule has 2 atom stereocenters. The van der Waals surface area contributed by atoms with E-state index in [0.29, 0.717) is 12.8 Å². The lowest BCUT2D eigenvalue weighted by Gasteiger charge is -2.32. The van der Waals surface area contributed by atoms with Gasteiger partial charge >= 0.3 is 5.97 Å². The number of hydrogen-bond acceptors (Lipinski definition) is 5. The predicted molar refractivity (Wildman–Crippen MR) is 74.9 cm³/mol. The van der Waals surface area contributed by atoms with Crippen LogP contribution in [0.4, 0.5) is 0 Å². The Hall–Kier alpha value is -1.11. The molecule has 20 heavy (non-hydrogen) atoms. The van der Waals surface area contributed by atoms with Crippen LogP contribution in [0, 0.1) is 0 Å². The number of ether oxygens (including phenoxy) is 1. The molecule has 1 heterocycles. The lowest BCUT2D eigenvalue weighted by atomic mass is 10.1. The molecule has 1 saturated heterocycles. The molecule has 0 saturated carbocycles. The van der Waals surface area contributed by atoms with E-state index < -0.39 is 27.9 Å². The highest BCUT2D eigenvalue weighted by atomic mass is 32.2. The summed E-state index contributed by atoms with van der Waals surface area (Å²) in [6.07, 6.45) is 2.31. The smallest absolute Gasteiger partial charge is 0.328 e. The summed E-state index contributed by atoms with van der Waals surface area (Å²) < 4.78 is 27.9. The average Bonchev–Trinajstić information content (AvgIpc) is 2.75. The van der Waals surface area contributed by atoms with E-state index in [1.807, 2.05) is 6.92 Å². The van der Waals surface area contributed by atoms with E-state index in [1.54, 1.807) is 6.92 Å². The zero-order chi connectivity index (χ0) is 15.3. The van der Waals surface area contributed by atoms with Gasteiger partial charge in [-0.1, -0.05) is 13.3 Å². The number of methoxy groups -OCH3 is 1. The molecule has 6 nitrogen and oxygen atoms in total. The van der Waals surface area contributed by atoms with Crippen LogP contribution >= 0.6 is 0 Å². The Bertz CT molecular complexity index is 459. The standard InChI is InChI=1S/C13H23NO5S/c1-4-5-6-12(15)14(10(2)13(16)19-3)11-7-8-20(17,18)9-11/h10-11H,4-9H2,1-3H3. The highest BCUT2D eigenvalue weighted by Gasteiger charge is 2.38. The van der Waals surface area contributed by atoms with Gasteiger partial charge in [0.2, 0.25) is 5.91 Å². The SMILES string of the molecule is CCCCC(=O)N(C1CCS(=O)(=O)C1)C(C)C(=O)OC. The molecule has 1 amide bonds. The zero-order valence-corrected chi connectivity index (χ0v) is 13.1. The number of hydrogen-bond donors (Lipinski definition) is 0. The second-order valence-electron chi connectivity index (χ2n) is 5.16. The summed E-state index contributed by atoms with van der Waals surface area (Å²) in [4.78, 5) is 25.4. The minimum Gasteiger partial charge on any atom is -0.467 e. The van der Waals surface area contributed by atoms with E-state index in [4.69, 9.17) is 0 Å². The van der Waals surface area contributed by atoms with Gasteiger partial charge in [-0.25, -0.2) is 13.2 Å². The number of amides is 1. The molecule has 0 aromatic heterocycles. The number of unbranched alkanes of at least 4 members (excludes halogenated alkanes) is 1. The second-order valence-corrected chi connectivity index (χ2v) is 7.39. The van der Waals surface area contributed by atoms with Crippen molar-refractivity contribution in [2.45, 2.75) is 51.6 Å². The molecule has 0 bridgehead atoms. The highest BCUT2D eigenvalue weighted by Crippen LogP contribution is 2.22. The van der Waals surface area contributed by atoms with Gasteiger partial charge < -0.3 is 9.64 Å². The van der Waals surface area contributed by atoms with Gasteiger partial charge in [-0.15, -0.1) is 0 Å². The maximum Gasteiger partial charge on any atom is 0.328 e. The Morgan fingerprint density at radius 1 is 1.40 bits per heavy atom. The summed E-state index contributed by atoms with van der Waals surface area (Å²) in [5.74, 6) is -0.680. The van der Waals surface area contributed by atoms with Crippen molar-refractivity contribution in [2.75, 3.05) is 18.6 Å². The van der Waals surface area contributed by atoms with Gasteiger partial charge in [-0.3, -0.25) is 4.79 Å². The lowest BCUT2D eigenvalue weighted by Crippen LogP contribution is -2.50. The van der Waals surface area contributed by atoms with Crippen molar-refractivity contribution in [1.82, 2.24) is 4.90 Å². The van der Waals surface area contributed by atoms with Crippen LogP contribution in [0.25, 0.3) is 0 Å². The first-order valence-corrected chi connectivity index (χ1v) is 8.74. The zero-order valence-electron chi connectivity index (χ0n) is 12.3. The van der Waals surface area contributed by atoms with Crippen LogP contribution in [0.15, 0.2) is 0 Å². The van der Waals surface area contributed by atoms with E-state index in [-0.39, 0.29) is 17.4 Å². The molecule has 7 heteroatoms. The van der Waals surface area contributed by atoms with Crippen molar-refractivity contribution < 1.29 is 22.7 Å². The summed E-state index contributed by atoms with van der Waals surface area (Å²) in [6, 6.07) is -1.17. The van der Waals surface area contributed by atoms with Gasteiger partial charge in [0.1, 0.15) is 6.04 Å². The first-order valence-electron chi connectivity index (χ1n) is 6.91. The third-order valence-electron chi connectivity index (χ3n) is 3.59. The van der Waals surface area contributed by atoms with Gasteiger partial charge in [0.15, 0.2) is 9.84 Å². The van der Waals surface area contributed by atoms with Gasteiger partial charge in [0.25, 0.3) is 0 Å². The quantitative estimate of drug-likeness (QED) is 0.677. The van der Waals surface area contributed by atoms with E-state index >= 15 is 0 Å². The van der Waals surface area contributed by atoms with Crippen LogP contribution in [0.3, 0.4) is 0 Å². The number of nitrogens with zero attached hydrogens (tertiary/aromatic N) is 1. The molecule has 0 radical (unpaired) electrons. The normalized spacial score (nSPS) is 22.2. The fraction of sp³-hybridized carbons (Fsp3) is 0.846. The monoisotopic (exact) mass is 305 g/mol. The molecule has 1 aliphatic rings. The second kappa shape index (κ2) is 7.06. The van der Waals surface area contributed by atoms with E-state index in [1.165, 1.54) is 12.0 Å². The van der Waals surface area contributed by atoms with Gasteiger partial charge in [0, 0.05) is 12.5 Å². The summed E-state index contributed by atoms with van der Waals surface area (Å²) >= 11 is 0. The number of rotatable bonds is 6. The number of carbonyl (C=O) groups excluding carboxylic acids is 2. The fourth-order valence-electron chi connectivity index (χ4n) is 2.47. The molecule has 1 aliphatic heterocycles. The summed E-state index contributed by atoms with van der Waals surface area (Å²) in [6.45, 7) is 3.56. The Kier molecular flexibility index (Phi) is 5.98. The van der Waals surface area contributed by atoms with Crippen LogP contribution in [-0.4, -0.2) is 55.9 Å². The molecule has 0 N–H and O–H groups in total. The molecule has 0 spiro atoms. The molecule has 116 valence electrons. The van der Waals surface area contributed by atoms with Crippen LogP contribution in [0.1, 0.15) is 39.5 Å². The highest BCUT2D eigenvalue weighted by molar-refractivity contribution is 7.91. The first kappa shape index (κ1) is 16.9. The summed E-state index contributed by atoms with van der Waals surface area (Å²) in [5.41, 5.74) is 0. The maximum atomic E-state index is 12.3. The molecule has 2 unspecified atom stereocenters. The minimum absolute atomic E-state index is 0.0633. The van der Waals surface area contributed by atoms with Crippen LogP contribution in [-0.2, 0) is 24.2 Å². The van der Waals surface area contributed by atoms with Crippen LogP contribution in [0.2, 0.25) is 0 Å². The third-order valence-corrected chi connectivity index (χ3v) is 5.34. The van der Waals surface area contributed by atoms with Crippen LogP contribution < -0.4 is 0 Å². The number of esters is 1. The number of sulfone groups is 1. The van der Waals surface area contributed by atoms with Crippen molar-refractivity contribution in [2.24, 2.45) is 0 Å². The molecule has 1 rings (SSSR count). The Labute approximate surface area is 120 Å². The van der Waals surface area contributed by atoms with Crippen molar-refractivity contribution in [3.63, 3.8) is 0 Å². The van der Waals surface area contributed by atoms with Gasteiger partial charge in [0.05, 0.1) is 18.6 Å².